The molecular formula is C18H27N3O2. The number of ether oxygens (including phenoxy) is 1. The molecule has 0 bridgehead atoms. The van der Waals surface area contributed by atoms with Crippen LogP contribution in [0.2, 0.25) is 0 Å². The van der Waals surface area contributed by atoms with E-state index in [1.807, 2.05) is 30.3 Å². The van der Waals surface area contributed by atoms with Crippen molar-refractivity contribution in [2.24, 2.45) is 0 Å². The lowest BCUT2D eigenvalue weighted by molar-refractivity contribution is -0.116. The summed E-state index contributed by atoms with van der Waals surface area (Å²) in [5.74, 6) is 0.773. The number of methoxy groups -OCH3 is 1. The van der Waals surface area contributed by atoms with Gasteiger partial charge in [-0.1, -0.05) is 12.1 Å². The number of hydrogen-bond acceptors (Lipinski definition) is 4. The van der Waals surface area contributed by atoms with Crippen LogP contribution in [0.3, 0.4) is 0 Å². The summed E-state index contributed by atoms with van der Waals surface area (Å²) in [5, 5.41) is 2.94. The van der Waals surface area contributed by atoms with Gasteiger partial charge in [0.2, 0.25) is 5.91 Å². The number of carbonyl (C=O) groups is 1. The molecule has 1 amide bonds. The third kappa shape index (κ3) is 6.42. The van der Waals surface area contributed by atoms with Gasteiger partial charge in [0.25, 0.3) is 0 Å². The lowest BCUT2D eigenvalue weighted by Crippen LogP contribution is -2.45. The minimum absolute atomic E-state index is 0.0424. The highest BCUT2D eigenvalue weighted by molar-refractivity contribution is 5.91. The van der Waals surface area contributed by atoms with Crippen LogP contribution in [0.5, 0.6) is 5.75 Å². The van der Waals surface area contributed by atoms with Gasteiger partial charge in [0, 0.05) is 38.8 Å². The highest BCUT2D eigenvalue weighted by Gasteiger charge is 2.12. The van der Waals surface area contributed by atoms with Crippen LogP contribution in [-0.4, -0.2) is 69.1 Å². The first kappa shape index (κ1) is 17.5. The van der Waals surface area contributed by atoms with Crippen LogP contribution in [0.25, 0.3) is 6.08 Å². The summed E-state index contributed by atoms with van der Waals surface area (Å²) in [6, 6.07) is 7.62. The van der Waals surface area contributed by atoms with E-state index in [2.05, 4.69) is 22.2 Å². The van der Waals surface area contributed by atoms with Crippen LogP contribution >= 0.6 is 0 Å². The van der Waals surface area contributed by atoms with Crippen molar-refractivity contribution < 1.29 is 9.53 Å². The fourth-order valence-electron chi connectivity index (χ4n) is 2.53. The molecule has 1 aliphatic rings. The molecule has 1 saturated heterocycles. The van der Waals surface area contributed by atoms with Crippen molar-refractivity contribution in [3.63, 3.8) is 0 Å². The quantitative estimate of drug-likeness (QED) is 0.611. The van der Waals surface area contributed by atoms with Crippen molar-refractivity contribution in [1.82, 2.24) is 15.1 Å². The van der Waals surface area contributed by atoms with Crippen LogP contribution in [0.1, 0.15) is 12.0 Å². The van der Waals surface area contributed by atoms with Gasteiger partial charge >= 0.3 is 0 Å². The van der Waals surface area contributed by atoms with Crippen LogP contribution in [0.4, 0.5) is 0 Å². The molecule has 1 aliphatic heterocycles. The first-order valence-corrected chi connectivity index (χ1v) is 8.18. The Hall–Kier alpha value is -1.85. The standard InChI is InChI=1S/C18H27N3O2/c1-20-12-14-21(15-13-20)11-3-10-19-18(22)9-6-16-4-7-17(23-2)8-5-16/h4-9H,3,10-15H2,1-2H3,(H,19,22)/b9-6+. The van der Waals surface area contributed by atoms with Gasteiger partial charge in [0.15, 0.2) is 0 Å². The van der Waals surface area contributed by atoms with Crippen molar-refractivity contribution >= 4 is 12.0 Å². The SMILES string of the molecule is COc1ccc(/C=C/C(=O)NCCCN2CCN(C)CC2)cc1. The second kappa shape index (κ2) is 9.33. The topological polar surface area (TPSA) is 44.8 Å². The first-order chi connectivity index (χ1) is 11.2. The molecule has 1 heterocycles. The predicted octanol–water partition coefficient (Wildman–Crippen LogP) is 1.46. The molecule has 5 heteroatoms. The van der Waals surface area contributed by atoms with E-state index in [4.69, 9.17) is 4.74 Å². The normalized spacial score (nSPS) is 16.6. The third-order valence-corrected chi connectivity index (χ3v) is 4.09. The van der Waals surface area contributed by atoms with E-state index in [-0.39, 0.29) is 5.91 Å². The first-order valence-electron chi connectivity index (χ1n) is 8.18. The maximum Gasteiger partial charge on any atom is 0.243 e. The van der Waals surface area contributed by atoms with E-state index >= 15 is 0 Å². The number of rotatable bonds is 7. The minimum atomic E-state index is -0.0424. The Labute approximate surface area is 138 Å². The smallest absolute Gasteiger partial charge is 0.243 e. The van der Waals surface area contributed by atoms with E-state index in [9.17, 15) is 4.79 Å². The summed E-state index contributed by atoms with van der Waals surface area (Å²) in [5.41, 5.74) is 0.985. The molecule has 0 saturated carbocycles. The van der Waals surface area contributed by atoms with Gasteiger partial charge < -0.3 is 19.9 Å². The van der Waals surface area contributed by atoms with E-state index in [0.717, 1.165) is 57.0 Å². The Kier molecular flexibility index (Phi) is 7.10. The largest absolute Gasteiger partial charge is 0.497 e. The predicted molar refractivity (Wildman–Crippen MR) is 93.6 cm³/mol. The second-order valence-corrected chi connectivity index (χ2v) is 5.90. The monoisotopic (exact) mass is 317 g/mol. The minimum Gasteiger partial charge on any atom is -0.497 e. The molecule has 0 aliphatic carbocycles. The lowest BCUT2D eigenvalue weighted by Gasteiger charge is -2.32. The molecule has 0 spiro atoms. The molecule has 1 aromatic rings. The van der Waals surface area contributed by atoms with E-state index < -0.39 is 0 Å². The number of piperazine rings is 1. The number of carbonyl (C=O) groups excluding carboxylic acids is 1. The molecule has 1 fully saturated rings. The Morgan fingerprint density at radius 1 is 1.22 bits per heavy atom. The summed E-state index contributed by atoms with van der Waals surface area (Å²) < 4.78 is 5.11. The molecule has 0 aromatic heterocycles. The van der Waals surface area contributed by atoms with Crippen molar-refractivity contribution in [3.8, 4) is 5.75 Å². The number of hydrogen-bond donors (Lipinski definition) is 1. The van der Waals surface area contributed by atoms with E-state index in [0.29, 0.717) is 0 Å². The molecule has 0 radical (unpaired) electrons. The number of benzene rings is 1. The number of amides is 1. The zero-order chi connectivity index (χ0) is 16.5. The van der Waals surface area contributed by atoms with Gasteiger partial charge in [-0.05, 0) is 43.8 Å². The molecular weight excluding hydrogens is 290 g/mol. The molecule has 0 atom stereocenters. The highest BCUT2D eigenvalue weighted by Crippen LogP contribution is 2.12. The summed E-state index contributed by atoms with van der Waals surface area (Å²) in [7, 11) is 3.80. The van der Waals surface area contributed by atoms with Crippen LogP contribution in [0.15, 0.2) is 30.3 Å². The average molecular weight is 317 g/mol. The Morgan fingerprint density at radius 2 is 1.91 bits per heavy atom. The van der Waals surface area contributed by atoms with Gasteiger partial charge in [-0.15, -0.1) is 0 Å². The van der Waals surface area contributed by atoms with E-state index in [1.165, 1.54) is 0 Å². The molecule has 0 unspecified atom stereocenters. The number of nitrogens with one attached hydrogen (secondary N) is 1. The summed E-state index contributed by atoms with van der Waals surface area (Å²) >= 11 is 0. The van der Waals surface area contributed by atoms with Crippen molar-refractivity contribution in [1.29, 1.82) is 0 Å². The van der Waals surface area contributed by atoms with Gasteiger partial charge in [0.1, 0.15) is 5.75 Å². The molecule has 1 N–H and O–H groups in total. The summed E-state index contributed by atoms with van der Waals surface area (Å²) in [6.45, 7) is 6.30. The Morgan fingerprint density at radius 3 is 2.57 bits per heavy atom. The number of nitrogens with zero attached hydrogens (tertiary/aromatic N) is 2. The molecule has 1 aromatic carbocycles. The van der Waals surface area contributed by atoms with Crippen LogP contribution in [-0.2, 0) is 4.79 Å². The summed E-state index contributed by atoms with van der Waals surface area (Å²) in [6.07, 6.45) is 4.39. The lowest BCUT2D eigenvalue weighted by atomic mass is 10.2. The van der Waals surface area contributed by atoms with Crippen molar-refractivity contribution in [3.05, 3.63) is 35.9 Å². The van der Waals surface area contributed by atoms with Crippen LogP contribution in [0, 0.1) is 0 Å². The van der Waals surface area contributed by atoms with Gasteiger partial charge in [-0.3, -0.25) is 4.79 Å². The van der Waals surface area contributed by atoms with Crippen LogP contribution < -0.4 is 10.1 Å². The second-order valence-electron chi connectivity index (χ2n) is 5.90. The Balaban J connectivity index is 1.61. The number of likely N-dealkylation sites (N-methyl/N-ethyl adjacent to an activating group) is 1. The van der Waals surface area contributed by atoms with Crippen molar-refractivity contribution in [2.45, 2.75) is 6.42 Å². The van der Waals surface area contributed by atoms with Gasteiger partial charge in [0.05, 0.1) is 7.11 Å². The maximum atomic E-state index is 11.8. The van der Waals surface area contributed by atoms with E-state index in [1.54, 1.807) is 13.2 Å². The molecule has 23 heavy (non-hydrogen) atoms. The maximum absolute atomic E-state index is 11.8. The third-order valence-electron chi connectivity index (χ3n) is 4.09. The van der Waals surface area contributed by atoms with Gasteiger partial charge in [-0.2, -0.15) is 0 Å². The zero-order valence-electron chi connectivity index (χ0n) is 14.1. The molecule has 126 valence electrons. The van der Waals surface area contributed by atoms with Gasteiger partial charge in [-0.25, -0.2) is 0 Å². The fraction of sp³-hybridized carbons (Fsp3) is 0.500. The van der Waals surface area contributed by atoms with Crippen molar-refractivity contribution in [2.75, 3.05) is 53.4 Å². The fourth-order valence-corrected chi connectivity index (χ4v) is 2.53. The molecule has 2 rings (SSSR count). The zero-order valence-corrected chi connectivity index (χ0v) is 14.1. The Bertz CT molecular complexity index is 506. The summed E-state index contributed by atoms with van der Waals surface area (Å²) in [4.78, 5) is 16.6. The molecule has 5 nitrogen and oxygen atoms in total. The highest BCUT2D eigenvalue weighted by atomic mass is 16.5. The average Bonchev–Trinajstić information content (AvgIpc) is 2.59.